The number of hydrogen-bond acceptors (Lipinski definition) is 5. The van der Waals surface area contributed by atoms with Crippen molar-refractivity contribution in [2.45, 2.75) is 24.0 Å². The van der Waals surface area contributed by atoms with Crippen molar-refractivity contribution in [1.82, 2.24) is 4.31 Å². The normalized spacial score (nSPS) is 18.3. The molecule has 5 nitrogen and oxygen atoms in total. The summed E-state index contributed by atoms with van der Waals surface area (Å²) in [6, 6.07) is 3.45. The van der Waals surface area contributed by atoms with E-state index in [1.165, 1.54) is 15.6 Å². The fraction of sp³-hybridized carbons (Fsp3) is 0.500. The van der Waals surface area contributed by atoms with E-state index in [1.54, 1.807) is 6.07 Å². The van der Waals surface area contributed by atoms with Crippen LogP contribution in [0.2, 0.25) is 0 Å². The van der Waals surface area contributed by atoms with Gasteiger partial charge >= 0.3 is 0 Å². The molecule has 0 spiro atoms. The minimum absolute atomic E-state index is 0.388. The molecule has 0 saturated carbocycles. The van der Waals surface area contributed by atoms with E-state index in [0.717, 1.165) is 4.88 Å². The molecule has 2 heterocycles. The third-order valence-electron chi connectivity index (χ3n) is 2.75. The summed E-state index contributed by atoms with van der Waals surface area (Å²) in [6.07, 6.45) is 1.00. The lowest BCUT2D eigenvalue weighted by Gasteiger charge is -2.25. The van der Waals surface area contributed by atoms with Crippen molar-refractivity contribution < 1.29 is 13.6 Å². The molecule has 94 valence electrons. The van der Waals surface area contributed by atoms with Gasteiger partial charge in [0, 0.05) is 30.8 Å². The Balaban J connectivity index is 2.18. The third-order valence-corrected chi connectivity index (χ3v) is 6.12. The van der Waals surface area contributed by atoms with Crippen molar-refractivity contribution in [2.24, 2.45) is 5.16 Å². The number of thiophene rings is 1. The molecular formula is C10H14N2O3S2. The highest BCUT2D eigenvalue weighted by molar-refractivity contribution is 7.91. The Morgan fingerprint density at radius 2 is 2.00 bits per heavy atom. The first kappa shape index (κ1) is 12.5. The number of piperidine rings is 1. The van der Waals surface area contributed by atoms with Gasteiger partial charge < -0.3 is 5.21 Å². The second kappa shape index (κ2) is 4.75. The Hall–Kier alpha value is -0.920. The Bertz CT molecular complexity index is 524. The number of oxime groups is 1. The molecule has 0 amide bonds. The van der Waals surface area contributed by atoms with Crippen LogP contribution in [0.3, 0.4) is 0 Å². The molecule has 1 aliphatic rings. The van der Waals surface area contributed by atoms with E-state index < -0.39 is 10.0 Å². The first-order chi connectivity index (χ1) is 8.04. The average Bonchev–Trinajstić information content (AvgIpc) is 2.77. The number of sulfonamides is 1. The average molecular weight is 274 g/mol. The largest absolute Gasteiger partial charge is 0.411 e. The lowest BCUT2D eigenvalue weighted by atomic mass is 10.1. The van der Waals surface area contributed by atoms with E-state index in [-0.39, 0.29) is 0 Å². The Kier molecular flexibility index (Phi) is 3.50. The van der Waals surface area contributed by atoms with Crippen LogP contribution in [0, 0.1) is 6.92 Å². The summed E-state index contributed by atoms with van der Waals surface area (Å²) >= 11 is 1.29. The molecule has 7 heteroatoms. The second-order valence-electron chi connectivity index (χ2n) is 3.94. The summed E-state index contributed by atoms with van der Waals surface area (Å²) in [5.41, 5.74) is 0.666. The fourth-order valence-electron chi connectivity index (χ4n) is 1.76. The van der Waals surface area contributed by atoms with Crippen molar-refractivity contribution in [1.29, 1.82) is 0 Å². The standard InChI is InChI=1S/C10H14N2O3S2/c1-8-2-3-10(16-8)17(14,15)12-6-4-9(11-13)5-7-12/h2-3,13H,4-7H2,1H3. The zero-order chi connectivity index (χ0) is 12.5. The highest BCUT2D eigenvalue weighted by Crippen LogP contribution is 2.25. The fourth-order valence-corrected chi connectivity index (χ4v) is 4.64. The van der Waals surface area contributed by atoms with Crippen LogP contribution in [-0.2, 0) is 10.0 Å². The summed E-state index contributed by atoms with van der Waals surface area (Å²) in [4.78, 5) is 0.984. The minimum atomic E-state index is -3.36. The lowest BCUT2D eigenvalue weighted by molar-refractivity contribution is 0.310. The van der Waals surface area contributed by atoms with E-state index in [0.29, 0.717) is 35.9 Å². The van der Waals surface area contributed by atoms with E-state index in [4.69, 9.17) is 5.21 Å². The predicted molar refractivity (Wildman–Crippen MR) is 66.3 cm³/mol. The summed E-state index contributed by atoms with van der Waals surface area (Å²) in [5.74, 6) is 0. The maximum absolute atomic E-state index is 12.2. The quantitative estimate of drug-likeness (QED) is 0.659. The SMILES string of the molecule is Cc1ccc(S(=O)(=O)N2CCC(=NO)CC2)s1. The van der Waals surface area contributed by atoms with Gasteiger partial charge in [0.2, 0.25) is 0 Å². The van der Waals surface area contributed by atoms with E-state index in [1.807, 2.05) is 13.0 Å². The van der Waals surface area contributed by atoms with Gasteiger partial charge in [0.1, 0.15) is 4.21 Å². The molecule has 0 unspecified atom stereocenters. The van der Waals surface area contributed by atoms with Crippen LogP contribution < -0.4 is 0 Å². The highest BCUT2D eigenvalue weighted by Gasteiger charge is 2.28. The smallest absolute Gasteiger partial charge is 0.252 e. The van der Waals surface area contributed by atoms with Crippen molar-refractivity contribution >= 4 is 27.1 Å². The maximum Gasteiger partial charge on any atom is 0.252 e. The molecule has 0 bridgehead atoms. The molecule has 2 rings (SSSR count). The summed E-state index contributed by atoms with van der Waals surface area (Å²) in [7, 11) is -3.36. The molecule has 0 aliphatic carbocycles. The number of aryl methyl sites for hydroxylation is 1. The molecule has 1 aromatic rings. The molecule has 1 aliphatic heterocycles. The summed E-state index contributed by atoms with van der Waals surface area (Å²) in [5, 5.41) is 11.8. The Morgan fingerprint density at radius 3 is 2.47 bits per heavy atom. The zero-order valence-electron chi connectivity index (χ0n) is 9.46. The highest BCUT2D eigenvalue weighted by atomic mass is 32.2. The zero-order valence-corrected chi connectivity index (χ0v) is 11.1. The minimum Gasteiger partial charge on any atom is -0.411 e. The molecular weight excluding hydrogens is 260 g/mol. The van der Waals surface area contributed by atoms with Crippen molar-refractivity contribution in [3.8, 4) is 0 Å². The van der Waals surface area contributed by atoms with Crippen molar-refractivity contribution in [3.05, 3.63) is 17.0 Å². The van der Waals surface area contributed by atoms with Gasteiger partial charge in [-0.1, -0.05) is 5.16 Å². The van der Waals surface area contributed by atoms with Crippen LogP contribution in [0.25, 0.3) is 0 Å². The maximum atomic E-state index is 12.2. The van der Waals surface area contributed by atoms with Gasteiger partial charge in [0.25, 0.3) is 10.0 Å². The topological polar surface area (TPSA) is 70.0 Å². The Morgan fingerprint density at radius 1 is 1.35 bits per heavy atom. The van der Waals surface area contributed by atoms with Crippen LogP contribution in [0.15, 0.2) is 21.5 Å². The lowest BCUT2D eigenvalue weighted by Crippen LogP contribution is -2.38. The Labute approximate surface area is 104 Å². The molecule has 0 atom stereocenters. The predicted octanol–water partition coefficient (Wildman–Crippen LogP) is 1.67. The van der Waals surface area contributed by atoms with Gasteiger partial charge in [-0.15, -0.1) is 11.3 Å². The van der Waals surface area contributed by atoms with Crippen LogP contribution in [0.1, 0.15) is 17.7 Å². The molecule has 17 heavy (non-hydrogen) atoms. The van der Waals surface area contributed by atoms with Crippen molar-refractivity contribution in [3.63, 3.8) is 0 Å². The third kappa shape index (κ3) is 2.51. The molecule has 0 aromatic carbocycles. The van der Waals surface area contributed by atoms with E-state index in [9.17, 15) is 8.42 Å². The van der Waals surface area contributed by atoms with Gasteiger partial charge in [-0.3, -0.25) is 0 Å². The van der Waals surface area contributed by atoms with Gasteiger partial charge in [-0.2, -0.15) is 4.31 Å². The van der Waals surface area contributed by atoms with E-state index >= 15 is 0 Å². The van der Waals surface area contributed by atoms with Crippen LogP contribution in [0.5, 0.6) is 0 Å². The van der Waals surface area contributed by atoms with Crippen LogP contribution >= 0.6 is 11.3 Å². The first-order valence-corrected chi connectivity index (χ1v) is 7.56. The number of rotatable bonds is 2. The number of hydrogen-bond donors (Lipinski definition) is 1. The van der Waals surface area contributed by atoms with Gasteiger partial charge in [-0.05, 0) is 19.1 Å². The summed E-state index contributed by atoms with van der Waals surface area (Å²) < 4.78 is 26.3. The van der Waals surface area contributed by atoms with Crippen LogP contribution in [-0.4, -0.2) is 36.7 Å². The summed E-state index contributed by atoms with van der Waals surface area (Å²) in [6.45, 7) is 2.66. The number of nitrogens with zero attached hydrogens (tertiary/aromatic N) is 2. The molecule has 1 saturated heterocycles. The molecule has 1 aromatic heterocycles. The van der Waals surface area contributed by atoms with Crippen LogP contribution in [0.4, 0.5) is 0 Å². The molecule has 1 N–H and O–H groups in total. The van der Waals surface area contributed by atoms with Gasteiger partial charge in [0.15, 0.2) is 0 Å². The van der Waals surface area contributed by atoms with Crippen molar-refractivity contribution in [2.75, 3.05) is 13.1 Å². The van der Waals surface area contributed by atoms with Gasteiger partial charge in [-0.25, -0.2) is 8.42 Å². The monoisotopic (exact) mass is 274 g/mol. The van der Waals surface area contributed by atoms with Gasteiger partial charge in [0.05, 0.1) is 5.71 Å². The molecule has 1 fully saturated rings. The van der Waals surface area contributed by atoms with E-state index in [2.05, 4.69) is 5.16 Å². The second-order valence-corrected chi connectivity index (χ2v) is 7.39. The molecule has 0 radical (unpaired) electrons. The first-order valence-electron chi connectivity index (χ1n) is 5.30.